The molecule has 0 fully saturated rings. The van der Waals surface area contributed by atoms with E-state index in [1.807, 2.05) is 18.4 Å². The Bertz CT molecular complexity index is 424. The molecule has 0 atom stereocenters. The number of nitrogen functional groups attached to an aromatic ring is 1. The Balaban J connectivity index is 2.49. The molecule has 1 aromatic carbocycles. The summed E-state index contributed by atoms with van der Waals surface area (Å²) < 4.78 is 5.48. The number of oxazole rings is 1. The average molecular weight is 194 g/mol. The molecule has 0 aliphatic carbocycles. The zero-order valence-corrected chi connectivity index (χ0v) is 8.10. The lowest BCUT2D eigenvalue weighted by Gasteiger charge is -1.88. The van der Waals surface area contributed by atoms with Gasteiger partial charge >= 0.3 is 0 Å². The first kappa shape index (κ1) is 8.44. The third kappa shape index (κ3) is 1.62. The van der Waals surface area contributed by atoms with Crippen molar-refractivity contribution in [3.8, 4) is 0 Å². The zero-order chi connectivity index (χ0) is 9.26. The minimum atomic E-state index is 0.708. The molecule has 0 spiro atoms. The minimum Gasteiger partial charge on any atom is -0.440 e. The fourth-order valence-electron chi connectivity index (χ4n) is 1.17. The summed E-state index contributed by atoms with van der Waals surface area (Å²) >= 11 is 1.69. The highest BCUT2D eigenvalue weighted by Crippen LogP contribution is 2.20. The summed E-state index contributed by atoms with van der Waals surface area (Å²) in [7, 11) is 0. The molecular formula is C9H10N2OS. The number of hydrogen-bond acceptors (Lipinski definition) is 4. The van der Waals surface area contributed by atoms with Gasteiger partial charge in [0.05, 0.1) is 5.75 Å². The molecule has 68 valence electrons. The Kier molecular flexibility index (Phi) is 2.14. The van der Waals surface area contributed by atoms with E-state index in [0.29, 0.717) is 5.69 Å². The SMILES string of the molecule is CSCc1nc2ccc(N)cc2o1. The van der Waals surface area contributed by atoms with Gasteiger partial charge in [0.2, 0.25) is 5.89 Å². The first-order valence-electron chi connectivity index (χ1n) is 3.93. The van der Waals surface area contributed by atoms with Crippen LogP contribution in [0.15, 0.2) is 22.6 Å². The van der Waals surface area contributed by atoms with Crippen LogP contribution in [0.5, 0.6) is 0 Å². The molecule has 0 saturated heterocycles. The van der Waals surface area contributed by atoms with E-state index >= 15 is 0 Å². The highest BCUT2D eigenvalue weighted by atomic mass is 32.2. The fourth-order valence-corrected chi connectivity index (χ4v) is 1.54. The maximum atomic E-state index is 5.61. The number of rotatable bonds is 2. The van der Waals surface area contributed by atoms with Crippen LogP contribution in [0.4, 0.5) is 5.69 Å². The number of nitrogens with two attached hydrogens (primary N) is 1. The molecule has 13 heavy (non-hydrogen) atoms. The summed E-state index contributed by atoms with van der Waals surface area (Å²) in [4.78, 5) is 4.30. The van der Waals surface area contributed by atoms with Crippen molar-refractivity contribution in [3.05, 3.63) is 24.1 Å². The highest BCUT2D eigenvalue weighted by molar-refractivity contribution is 7.97. The lowest BCUT2D eigenvalue weighted by molar-refractivity contribution is 0.556. The van der Waals surface area contributed by atoms with Gasteiger partial charge < -0.3 is 10.2 Å². The second kappa shape index (κ2) is 3.30. The Labute approximate surface area is 80.3 Å². The van der Waals surface area contributed by atoms with Crippen LogP contribution in [-0.4, -0.2) is 11.2 Å². The Morgan fingerprint density at radius 3 is 3.15 bits per heavy atom. The van der Waals surface area contributed by atoms with E-state index < -0.39 is 0 Å². The Morgan fingerprint density at radius 1 is 1.54 bits per heavy atom. The molecule has 0 saturated carbocycles. The molecule has 1 aromatic heterocycles. The van der Waals surface area contributed by atoms with Crippen molar-refractivity contribution in [2.24, 2.45) is 0 Å². The summed E-state index contributed by atoms with van der Waals surface area (Å²) in [6, 6.07) is 5.50. The molecule has 0 aliphatic rings. The van der Waals surface area contributed by atoms with Crippen molar-refractivity contribution >= 4 is 28.5 Å². The Hall–Kier alpha value is -1.16. The molecule has 1 heterocycles. The van der Waals surface area contributed by atoms with Crippen LogP contribution in [0.25, 0.3) is 11.1 Å². The minimum absolute atomic E-state index is 0.708. The van der Waals surface area contributed by atoms with Crippen molar-refractivity contribution in [2.75, 3.05) is 12.0 Å². The van der Waals surface area contributed by atoms with E-state index in [9.17, 15) is 0 Å². The molecule has 0 bridgehead atoms. The first-order valence-corrected chi connectivity index (χ1v) is 5.33. The smallest absolute Gasteiger partial charge is 0.205 e. The van der Waals surface area contributed by atoms with Crippen LogP contribution in [0.1, 0.15) is 5.89 Å². The third-order valence-electron chi connectivity index (χ3n) is 1.72. The molecule has 4 heteroatoms. The number of anilines is 1. The van der Waals surface area contributed by atoms with Gasteiger partial charge in [0, 0.05) is 11.8 Å². The van der Waals surface area contributed by atoms with Gasteiger partial charge in [0.1, 0.15) is 5.52 Å². The van der Waals surface area contributed by atoms with Gasteiger partial charge in [-0.05, 0) is 18.4 Å². The van der Waals surface area contributed by atoms with Crippen molar-refractivity contribution in [3.63, 3.8) is 0 Å². The highest BCUT2D eigenvalue weighted by Gasteiger charge is 2.04. The molecule has 2 aromatic rings. The van der Waals surface area contributed by atoms with Gasteiger partial charge in [0.15, 0.2) is 5.58 Å². The monoisotopic (exact) mass is 194 g/mol. The van der Waals surface area contributed by atoms with Crippen LogP contribution in [0.3, 0.4) is 0 Å². The number of hydrogen-bond donors (Lipinski definition) is 1. The second-order valence-electron chi connectivity index (χ2n) is 2.77. The predicted molar refractivity (Wildman–Crippen MR) is 55.6 cm³/mol. The van der Waals surface area contributed by atoms with Gasteiger partial charge in [-0.15, -0.1) is 0 Å². The predicted octanol–water partition coefficient (Wildman–Crippen LogP) is 2.27. The van der Waals surface area contributed by atoms with E-state index in [0.717, 1.165) is 22.7 Å². The normalized spacial score (nSPS) is 10.8. The average Bonchev–Trinajstić information content (AvgIpc) is 2.46. The molecular weight excluding hydrogens is 184 g/mol. The molecule has 0 amide bonds. The molecule has 3 nitrogen and oxygen atoms in total. The molecule has 2 rings (SSSR count). The first-order chi connectivity index (χ1) is 6.29. The number of benzene rings is 1. The number of aromatic nitrogens is 1. The van der Waals surface area contributed by atoms with Gasteiger partial charge in [-0.2, -0.15) is 11.8 Å². The maximum absolute atomic E-state index is 5.61. The van der Waals surface area contributed by atoms with E-state index in [-0.39, 0.29) is 0 Å². The van der Waals surface area contributed by atoms with Crippen LogP contribution in [0.2, 0.25) is 0 Å². The topological polar surface area (TPSA) is 52.0 Å². The van der Waals surface area contributed by atoms with Gasteiger partial charge in [-0.1, -0.05) is 0 Å². The molecule has 0 radical (unpaired) electrons. The lowest BCUT2D eigenvalue weighted by Crippen LogP contribution is -1.81. The van der Waals surface area contributed by atoms with E-state index in [1.165, 1.54) is 0 Å². The molecule has 0 aliphatic heterocycles. The zero-order valence-electron chi connectivity index (χ0n) is 7.28. The van der Waals surface area contributed by atoms with E-state index in [1.54, 1.807) is 17.8 Å². The van der Waals surface area contributed by atoms with E-state index in [4.69, 9.17) is 10.2 Å². The quantitative estimate of drug-likeness (QED) is 0.745. The van der Waals surface area contributed by atoms with Crippen LogP contribution >= 0.6 is 11.8 Å². The summed E-state index contributed by atoms with van der Waals surface area (Å²) in [5, 5.41) is 0. The van der Waals surface area contributed by atoms with Crippen molar-refractivity contribution in [2.45, 2.75) is 5.75 Å². The lowest BCUT2D eigenvalue weighted by atomic mass is 10.3. The second-order valence-corrected chi connectivity index (χ2v) is 3.63. The Morgan fingerprint density at radius 2 is 2.38 bits per heavy atom. The standard InChI is InChI=1S/C9H10N2OS/c1-13-5-9-11-7-3-2-6(10)4-8(7)12-9/h2-4H,5,10H2,1H3. The van der Waals surface area contributed by atoms with Crippen LogP contribution in [-0.2, 0) is 5.75 Å². The molecule has 2 N–H and O–H groups in total. The summed E-state index contributed by atoms with van der Waals surface area (Å²) in [5.74, 6) is 1.56. The van der Waals surface area contributed by atoms with Gasteiger partial charge in [0.25, 0.3) is 0 Å². The summed E-state index contributed by atoms with van der Waals surface area (Å²) in [6.45, 7) is 0. The van der Waals surface area contributed by atoms with E-state index in [2.05, 4.69) is 4.98 Å². The largest absolute Gasteiger partial charge is 0.440 e. The number of nitrogens with zero attached hydrogens (tertiary/aromatic N) is 1. The third-order valence-corrected chi connectivity index (χ3v) is 2.26. The van der Waals surface area contributed by atoms with Gasteiger partial charge in [-0.25, -0.2) is 4.98 Å². The fraction of sp³-hybridized carbons (Fsp3) is 0.222. The summed E-state index contributed by atoms with van der Waals surface area (Å²) in [5.41, 5.74) is 7.96. The van der Waals surface area contributed by atoms with Crippen LogP contribution < -0.4 is 5.73 Å². The van der Waals surface area contributed by atoms with Crippen LogP contribution in [0, 0.1) is 0 Å². The maximum Gasteiger partial charge on any atom is 0.205 e. The molecule has 0 unspecified atom stereocenters. The van der Waals surface area contributed by atoms with Crippen molar-refractivity contribution < 1.29 is 4.42 Å². The van der Waals surface area contributed by atoms with Crippen molar-refractivity contribution in [1.29, 1.82) is 0 Å². The summed E-state index contributed by atoms with van der Waals surface area (Å²) in [6.07, 6.45) is 2.02. The number of thioether (sulfide) groups is 1. The van der Waals surface area contributed by atoms with Gasteiger partial charge in [-0.3, -0.25) is 0 Å². The number of fused-ring (bicyclic) bond motifs is 1. The van der Waals surface area contributed by atoms with Crippen molar-refractivity contribution in [1.82, 2.24) is 4.98 Å².